The maximum Gasteiger partial charge on any atom is 0.207 e. The van der Waals surface area contributed by atoms with E-state index >= 15 is 0 Å². The van der Waals surface area contributed by atoms with Crippen LogP contribution in [0.4, 0.5) is 0 Å². The molecule has 4 aromatic carbocycles. The molecule has 0 aliphatic rings. The minimum absolute atomic E-state index is 0.0413. The van der Waals surface area contributed by atoms with Crippen molar-refractivity contribution in [2.75, 3.05) is 0 Å². The molecule has 0 bridgehead atoms. The minimum atomic E-state index is -3.82. The molecule has 0 heterocycles. The smallest absolute Gasteiger partial charge is 0.207 e. The van der Waals surface area contributed by atoms with Crippen molar-refractivity contribution in [2.45, 2.75) is 23.6 Å². The Hall–Kier alpha value is -3.11. The summed E-state index contributed by atoms with van der Waals surface area (Å²) in [6, 6.07) is 23.2. The van der Waals surface area contributed by atoms with Gasteiger partial charge in [0.05, 0.1) is 9.79 Å². The van der Waals surface area contributed by atoms with Gasteiger partial charge in [0, 0.05) is 17.0 Å². The number of fused-ring (bicyclic) bond motifs is 1. The van der Waals surface area contributed by atoms with Crippen LogP contribution in [0.2, 0.25) is 0 Å². The van der Waals surface area contributed by atoms with Gasteiger partial charge in [0.15, 0.2) is 0 Å². The summed E-state index contributed by atoms with van der Waals surface area (Å²) in [4.78, 5) is 0.319. The van der Waals surface area contributed by atoms with Gasteiger partial charge in [-0.2, -0.15) is 0 Å². The molecule has 4 rings (SSSR count). The third kappa shape index (κ3) is 3.06. The Kier molecular flexibility index (Phi) is 4.44. The van der Waals surface area contributed by atoms with E-state index in [1.807, 2.05) is 62.4 Å². The van der Waals surface area contributed by atoms with Crippen molar-refractivity contribution in [3.05, 3.63) is 90.0 Å². The lowest BCUT2D eigenvalue weighted by Gasteiger charge is -2.16. The van der Waals surface area contributed by atoms with E-state index < -0.39 is 9.84 Å². The molecule has 3 nitrogen and oxygen atoms in total. The van der Waals surface area contributed by atoms with E-state index in [1.165, 1.54) is 6.07 Å². The van der Waals surface area contributed by atoms with Gasteiger partial charge >= 0.3 is 0 Å². The van der Waals surface area contributed by atoms with Crippen LogP contribution >= 0.6 is 0 Å². The second-order valence-corrected chi connectivity index (χ2v) is 8.92. The van der Waals surface area contributed by atoms with Crippen LogP contribution in [-0.2, 0) is 9.84 Å². The van der Waals surface area contributed by atoms with E-state index in [-0.39, 0.29) is 15.5 Å². The molecule has 0 aromatic heterocycles. The standard InChI is InChI=1S/C24H20O3S/c1-16-8-11-19(12-9-16)28(26,27)23-15-22(25)20-13-10-17(2)14-21(20)24(23)18-6-4-3-5-7-18/h3-15,25H,1-2H3. The number of phenolic OH excluding ortho intramolecular Hbond substituents is 1. The lowest BCUT2D eigenvalue weighted by Crippen LogP contribution is -2.05. The highest BCUT2D eigenvalue weighted by Crippen LogP contribution is 2.41. The molecule has 0 radical (unpaired) electrons. The Morgan fingerprint density at radius 3 is 2.04 bits per heavy atom. The number of hydrogen-bond acceptors (Lipinski definition) is 3. The number of sulfone groups is 1. The molecule has 0 aliphatic carbocycles. The van der Waals surface area contributed by atoms with Crippen LogP contribution in [0.5, 0.6) is 5.75 Å². The van der Waals surface area contributed by atoms with Crippen molar-refractivity contribution in [3.8, 4) is 16.9 Å². The van der Waals surface area contributed by atoms with E-state index in [4.69, 9.17) is 0 Å². The van der Waals surface area contributed by atoms with Crippen molar-refractivity contribution in [2.24, 2.45) is 0 Å². The fourth-order valence-corrected chi connectivity index (χ4v) is 4.97. The van der Waals surface area contributed by atoms with Crippen LogP contribution in [-0.4, -0.2) is 13.5 Å². The molecule has 0 atom stereocenters. The summed E-state index contributed by atoms with van der Waals surface area (Å²) >= 11 is 0. The predicted octanol–water partition coefficient (Wildman–Crippen LogP) is 5.66. The van der Waals surface area contributed by atoms with Gasteiger partial charge in [0.1, 0.15) is 5.75 Å². The van der Waals surface area contributed by atoms with Crippen LogP contribution in [0, 0.1) is 13.8 Å². The second kappa shape index (κ2) is 6.80. The van der Waals surface area contributed by atoms with Crippen molar-refractivity contribution in [3.63, 3.8) is 0 Å². The Balaban J connectivity index is 2.13. The maximum absolute atomic E-state index is 13.5. The molecule has 4 aromatic rings. The molecule has 0 unspecified atom stereocenters. The number of benzene rings is 4. The summed E-state index contributed by atoms with van der Waals surface area (Å²) in [6.07, 6.45) is 0. The Morgan fingerprint density at radius 1 is 0.714 bits per heavy atom. The number of aryl methyl sites for hydroxylation is 2. The lowest BCUT2D eigenvalue weighted by molar-refractivity contribution is 0.479. The minimum Gasteiger partial charge on any atom is -0.507 e. The van der Waals surface area contributed by atoms with Gasteiger partial charge in [-0.3, -0.25) is 0 Å². The van der Waals surface area contributed by atoms with E-state index in [2.05, 4.69) is 0 Å². The van der Waals surface area contributed by atoms with Crippen molar-refractivity contribution >= 4 is 20.6 Å². The Labute approximate surface area is 164 Å². The van der Waals surface area contributed by atoms with Gasteiger partial charge in [-0.15, -0.1) is 0 Å². The van der Waals surface area contributed by atoms with Gasteiger partial charge < -0.3 is 5.11 Å². The van der Waals surface area contributed by atoms with Crippen LogP contribution in [0.25, 0.3) is 21.9 Å². The van der Waals surface area contributed by atoms with E-state index in [1.54, 1.807) is 24.3 Å². The average molecular weight is 388 g/mol. The zero-order valence-electron chi connectivity index (χ0n) is 15.7. The summed E-state index contributed by atoms with van der Waals surface area (Å²) in [6.45, 7) is 3.86. The predicted molar refractivity (Wildman–Crippen MR) is 112 cm³/mol. The maximum atomic E-state index is 13.5. The molecular weight excluding hydrogens is 368 g/mol. The zero-order valence-corrected chi connectivity index (χ0v) is 16.5. The molecule has 0 saturated heterocycles. The second-order valence-electron chi connectivity index (χ2n) is 7.00. The van der Waals surface area contributed by atoms with E-state index in [0.717, 1.165) is 22.1 Å². The monoisotopic (exact) mass is 388 g/mol. The highest BCUT2D eigenvalue weighted by Gasteiger charge is 2.25. The lowest BCUT2D eigenvalue weighted by atomic mass is 9.96. The third-order valence-corrected chi connectivity index (χ3v) is 6.71. The average Bonchev–Trinajstić information content (AvgIpc) is 2.68. The van der Waals surface area contributed by atoms with Crippen molar-refractivity contribution in [1.82, 2.24) is 0 Å². The van der Waals surface area contributed by atoms with Crippen LogP contribution in [0.1, 0.15) is 11.1 Å². The van der Waals surface area contributed by atoms with Gasteiger partial charge in [0.2, 0.25) is 9.84 Å². The van der Waals surface area contributed by atoms with Gasteiger partial charge in [-0.1, -0.05) is 71.8 Å². The largest absolute Gasteiger partial charge is 0.507 e. The molecule has 0 amide bonds. The summed E-state index contributed by atoms with van der Waals surface area (Å²) in [7, 11) is -3.82. The first-order valence-corrected chi connectivity index (χ1v) is 10.5. The molecule has 140 valence electrons. The van der Waals surface area contributed by atoms with Gasteiger partial charge in [-0.25, -0.2) is 8.42 Å². The number of phenols is 1. The van der Waals surface area contributed by atoms with Crippen molar-refractivity contribution in [1.29, 1.82) is 0 Å². The van der Waals surface area contributed by atoms with Gasteiger partial charge in [-0.05, 0) is 36.9 Å². The van der Waals surface area contributed by atoms with Crippen LogP contribution < -0.4 is 0 Å². The first kappa shape index (κ1) is 18.3. The summed E-state index contributed by atoms with van der Waals surface area (Å²) in [5.41, 5.74) is 3.38. The molecule has 0 fully saturated rings. The first-order valence-electron chi connectivity index (χ1n) is 9.01. The highest BCUT2D eigenvalue weighted by molar-refractivity contribution is 7.91. The summed E-state index contributed by atoms with van der Waals surface area (Å²) in [5, 5.41) is 12.0. The Bertz CT molecular complexity index is 1270. The van der Waals surface area contributed by atoms with E-state index in [9.17, 15) is 13.5 Å². The normalized spacial score (nSPS) is 11.6. The SMILES string of the molecule is Cc1ccc(S(=O)(=O)c2cc(O)c3ccc(C)cc3c2-c2ccccc2)cc1. The van der Waals surface area contributed by atoms with Crippen LogP contribution in [0.3, 0.4) is 0 Å². The van der Waals surface area contributed by atoms with E-state index in [0.29, 0.717) is 10.9 Å². The molecule has 0 aliphatic heterocycles. The molecular formula is C24H20O3S. The topological polar surface area (TPSA) is 54.4 Å². The zero-order chi connectivity index (χ0) is 19.9. The van der Waals surface area contributed by atoms with Crippen LogP contribution in [0.15, 0.2) is 88.7 Å². The molecule has 0 saturated carbocycles. The number of aromatic hydroxyl groups is 1. The quantitative estimate of drug-likeness (QED) is 0.492. The Morgan fingerprint density at radius 2 is 1.36 bits per heavy atom. The fraction of sp³-hybridized carbons (Fsp3) is 0.0833. The number of hydrogen-bond donors (Lipinski definition) is 1. The molecule has 0 spiro atoms. The number of rotatable bonds is 3. The molecule has 4 heteroatoms. The third-order valence-electron chi connectivity index (χ3n) is 4.92. The first-order chi connectivity index (χ1) is 13.4. The molecule has 1 N–H and O–H groups in total. The molecule has 28 heavy (non-hydrogen) atoms. The van der Waals surface area contributed by atoms with Crippen molar-refractivity contribution < 1.29 is 13.5 Å². The fourth-order valence-electron chi connectivity index (χ4n) is 3.45. The van der Waals surface area contributed by atoms with Gasteiger partial charge in [0.25, 0.3) is 0 Å². The highest BCUT2D eigenvalue weighted by atomic mass is 32.2. The summed E-state index contributed by atoms with van der Waals surface area (Å²) < 4.78 is 27.0. The summed E-state index contributed by atoms with van der Waals surface area (Å²) in [5.74, 6) is -0.0413.